The number of nitrogens with one attached hydrogen (secondary N) is 1. The van der Waals surface area contributed by atoms with E-state index in [-0.39, 0.29) is 6.61 Å². The van der Waals surface area contributed by atoms with Gasteiger partial charge < -0.3 is 25.8 Å². The lowest BCUT2D eigenvalue weighted by Gasteiger charge is -2.20. The van der Waals surface area contributed by atoms with Crippen LogP contribution in [-0.2, 0) is 0 Å². The first-order valence-corrected chi connectivity index (χ1v) is 7.74. The molecule has 6 heteroatoms. The lowest BCUT2D eigenvalue weighted by atomic mass is 10.3. The van der Waals surface area contributed by atoms with E-state index in [1.807, 2.05) is 30.3 Å². The van der Waals surface area contributed by atoms with Crippen LogP contribution in [0.4, 0.5) is 4.79 Å². The average Bonchev–Trinajstić information content (AvgIpc) is 2.53. The molecule has 0 fully saturated rings. The number of rotatable bonds is 11. The molecule has 1 rings (SSSR count). The van der Waals surface area contributed by atoms with Crippen molar-refractivity contribution in [1.82, 2.24) is 10.2 Å². The van der Waals surface area contributed by atoms with Crippen molar-refractivity contribution >= 4 is 6.03 Å². The number of benzene rings is 1. The molecule has 0 radical (unpaired) electrons. The fraction of sp³-hybridized carbons (Fsp3) is 0.562. The minimum atomic E-state index is -0.599. The van der Waals surface area contributed by atoms with Crippen LogP contribution >= 0.6 is 0 Å². The maximum absolute atomic E-state index is 11.2. The van der Waals surface area contributed by atoms with E-state index in [9.17, 15) is 9.90 Å². The molecule has 0 bridgehead atoms. The molecule has 0 heterocycles. The molecule has 0 aliphatic heterocycles. The van der Waals surface area contributed by atoms with Gasteiger partial charge >= 0.3 is 6.03 Å². The van der Waals surface area contributed by atoms with Gasteiger partial charge in [-0.1, -0.05) is 31.5 Å². The Morgan fingerprint density at radius 2 is 2.09 bits per heavy atom. The number of hydrogen-bond acceptors (Lipinski definition) is 4. The zero-order chi connectivity index (χ0) is 16.2. The van der Waals surface area contributed by atoms with Crippen molar-refractivity contribution in [3.63, 3.8) is 0 Å². The number of nitrogens with two attached hydrogens (primary N) is 1. The van der Waals surface area contributed by atoms with E-state index < -0.39 is 12.1 Å². The van der Waals surface area contributed by atoms with Crippen molar-refractivity contribution < 1.29 is 14.6 Å². The number of primary amides is 1. The second kappa shape index (κ2) is 10.9. The normalized spacial score (nSPS) is 11.9. The molecule has 124 valence electrons. The van der Waals surface area contributed by atoms with Gasteiger partial charge in [0, 0.05) is 26.2 Å². The number of aliphatic hydroxyl groups is 1. The summed E-state index contributed by atoms with van der Waals surface area (Å²) in [6.07, 6.45) is 1.36. The van der Waals surface area contributed by atoms with E-state index in [0.717, 1.165) is 18.6 Å². The number of amides is 2. The standard InChI is InChI=1S/C16H27N3O3/c1-2-3-10-19(16(17)21)11-9-18-12-14(20)13-22-15-7-5-4-6-8-15/h4-8,14,18,20H,2-3,9-13H2,1H3,(H2,17,21). The predicted molar refractivity (Wildman–Crippen MR) is 86.9 cm³/mol. The van der Waals surface area contributed by atoms with Gasteiger partial charge in [-0.3, -0.25) is 0 Å². The summed E-state index contributed by atoms with van der Waals surface area (Å²) in [5.41, 5.74) is 5.32. The highest BCUT2D eigenvalue weighted by Crippen LogP contribution is 2.08. The molecule has 0 aliphatic carbocycles. The number of hydrogen-bond donors (Lipinski definition) is 3. The largest absolute Gasteiger partial charge is 0.491 e. The molecule has 0 aliphatic rings. The molecule has 1 atom stereocenters. The van der Waals surface area contributed by atoms with E-state index >= 15 is 0 Å². The van der Waals surface area contributed by atoms with Gasteiger partial charge in [0.05, 0.1) is 0 Å². The van der Waals surface area contributed by atoms with Crippen molar-refractivity contribution in [2.45, 2.75) is 25.9 Å². The SMILES string of the molecule is CCCCN(CCNCC(O)COc1ccccc1)C(N)=O. The highest BCUT2D eigenvalue weighted by molar-refractivity contribution is 5.71. The fourth-order valence-electron chi connectivity index (χ4n) is 1.93. The number of urea groups is 1. The van der Waals surface area contributed by atoms with Crippen LogP contribution in [0, 0.1) is 0 Å². The summed E-state index contributed by atoms with van der Waals surface area (Å²) in [5.74, 6) is 0.737. The predicted octanol–water partition coefficient (Wildman–Crippen LogP) is 1.20. The third-order valence-electron chi connectivity index (χ3n) is 3.22. The summed E-state index contributed by atoms with van der Waals surface area (Å²) in [6, 6.07) is 8.97. The van der Waals surface area contributed by atoms with Gasteiger partial charge in [0.15, 0.2) is 0 Å². The third-order valence-corrected chi connectivity index (χ3v) is 3.22. The van der Waals surface area contributed by atoms with Crippen molar-refractivity contribution in [2.24, 2.45) is 5.73 Å². The van der Waals surface area contributed by atoms with Gasteiger partial charge in [0.1, 0.15) is 18.5 Å². The van der Waals surface area contributed by atoms with Gasteiger partial charge in [-0.15, -0.1) is 0 Å². The van der Waals surface area contributed by atoms with E-state index in [4.69, 9.17) is 10.5 Å². The molecule has 4 N–H and O–H groups in total. The number of carbonyl (C=O) groups excluding carboxylic acids is 1. The molecule has 6 nitrogen and oxygen atoms in total. The minimum Gasteiger partial charge on any atom is -0.491 e. The Morgan fingerprint density at radius 3 is 2.73 bits per heavy atom. The Morgan fingerprint density at radius 1 is 1.36 bits per heavy atom. The highest BCUT2D eigenvalue weighted by atomic mass is 16.5. The van der Waals surface area contributed by atoms with E-state index in [0.29, 0.717) is 26.2 Å². The first-order valence-electron chi connectivity index (χ1n) is 7.74. The van der Waals surface area contributed by atoms with E-state index in [1.165, 1.54) is 0 Å². The van der Waals surface area contributed by atoms with Crippen LogP contribution in [0.15, 0.2) is 30.3 Å². The van der Waals surface area contributed by atoms with Crippen molar-refractivity contribution in [2.75, 3.05) is 32.8 Å². The molecular formula is C16H27N3O3. The summed E-state index contributed by atoms with van der Waals surface area (Å²) in [6.45, 7) is 4.52. The number of aliphatic hydroxyl groups excluding tert-OH is 1. The molecule has 1 aromatic carbocycles. The molecule has 22 heavy (non-hydrogen) atoms. The Bertz CT molecular complexity index is 414. The number of unbranched alkanes of at least 4 members (excludes halogenated alkanes) is 1. The molecule has 1 aromatic rings. The number of ether oxygens (including phenoxy) is 1. The third kappa shape index (κ3) is 7.85. The fourth-order valence-corrected chi connectivity index (χ4v) is 1.93. The van der Waals surface area contributed by atoms with Gasteiger partial charge in [-0.25, -0.2) is 4.79 Å². The summed E-state index contributed by atoms with van der Waals surface area (Å²) in [5, 5.41) is 12.9. The lowest BCUT2D eigenvalue weighted by Crippen LogP contribution is -2.42. The lowest BCUT2D eigenvalue weighted by molar-refractivity contribution is 0.106. The summed E-state index contributed by atoms with van der Waals surface area (Å²) in [7, 11) is 0. The molecule has 0 spiro atoms. The Labute approximate surface area is 132 Å². The zero-order valence-corrected chi connectivity index (χ0v) is 13.2. The summed E-state index contributed by atoms with van der Waals surface area (Å²) >= 11 is 0. The smallest absolute Gasteiger partial charge is 0.314 e. The van der Waals surface area contributed by atoms with Gasteiger partial charge in [-0.05, 0) is 18.6 Å². The quantitative estimate of drug-likeness (QED) is 0.536. The molecule has 1 unspecified atom stereocenters. The van der Waals surface area contributed by atoms with Crippen LogP contribution < -0.4 is 15.8 Å². The maximum Gasteiger partial charge on any atom is 0.314 e. The molecule has 0 aromatic heterocycles. The Kier molecular flexibility index (Phi) is 9.02. The Hall–Kier alpha value is -1.79. The number of nitrogens with zero attached hydrogens (tertiary/aromatic N) is 1. The van der Waals surface area contributed by atoms with E-state index in [2.05, 4.69) is 12.2 Å². The first kappa shape index (κ1) is 18.3. The van der Waals surface area contributed by atoms with Crippen LogP contribution in [0.1, 0.15) is 19.8 Å². The van der Waals surface area contributed by atoms with Crippen LogP contribution in [0.2, 0.25) is 0 Å². The monoisotopic (exact) mass is 309 g/mol. The van der Waals surface area contributed by atoms with Gasteiger partial charge in [0.2, 0.25) is 0 Å². The molecule has 2 amide bonds. The minimum absolute atomic E-state index is 0.229. The topological polar surface area (TPSA) is 87.8 Å². The Balaban J connectivity index is 2.13. The summed E-state index contributed by atoms with van der Waals surface area (Å²) < 4.78 is 5.46. The van der Waals surface area contributed by atoms with Gasteiger partial charge in [-0.2, -0.15) is 0 Å². The maximum atomic E-state index is 11.2. The average molecular weight is 309 g/mol. The van der Waals surface area contributed by atoms with Gasteiger partial charge in [0.25, 0.3) is 0 Å². The summed E-state index contributed by atoms with van der Waals surface area (Å²) in [4.78, 5) is 12.9. The molecule has 0 saturated carbocycles. The molecular weight excluding hydrogens is 282 g/mol. The first-order chi connectivity index (χ1) is 10.6. The van der Waals surface area contributed by atoms with Crippen LogP contribution in [0.5, 0.6) is 5.75 Å². The van der Waals surface area contributed by atoms with Crippen molar-refractivity contribution in [1.29, 1.82) is 0 Å². The second-order valence-corrected chi connectivity index (χ2v) is 5.16. The van der Waals surface area contributed by atoms with Crippen LogP contribution in [-0.4, -0.2) is 54.9 Å². The van der Waals surface area contributed by atoms with E-state index in [1.54, 1.807) is 4.90 Å². The van der Waals surface area contributed by atoms with Crippen LogP contribution in [0.3, 0.4) is 0 Å². The zero-order valence-electron chi connectivity index (χ0n) is 13.2. The number of carbonyl (C=O) groups is 1. The molecule has 0 saturated heterocycles. The van der Waals surface area contributed by atoms with Crippen molar-refractivity contribution in [3.05, 3.63) is 30.3 Å². The second-order valence-electron chi connectivity index (χ2n) is 5.16. The number of para-hydroxylation sites is 1. The van der Waals surface area contributed by atoms with Crippen LogP contribution in [0.25, 0.3) is 0 Å². The highest BCUT2D eigenvalue weighted by Gasteiger charge is 2.09. The van der Waals surface area contributed by atoms with Crippen molar-refractivity contribution in [3.8, 4) is 5.75 Å².